The fourth-order valence-corrected chi connectivity index (χ4v) is 1.84. The molecule has 0 radical (unpaired) electrons. The molecule has 0 rings (SSSR count). The summed E-state index contributed by atoms with van der Waals surface area (Å²) in [6.45, 7) is 5.86. The Hall–Kier alpha value is -0.250. The van der Waals surface area contributed by atoms with Crippen LogP contribution in [0.25, 0.3) is 0 Å². The Bertz CT molecular complexity index is 249. The van der Waals surface area contributed by atoms with Crippen molar-refractivity contribution in [1.29, 1.82) is 0 Å². The summed E-state index contributed by atoms with van der Waals surface area (Å²) < 4.78 is 13.3. The average molecular weight is 236 g/mol. The number of nitrogens with two attached hydrogens (primary N) is 1. The molecule has 1 nitrogen and oxygen atoms in total. The van der Waals surface area contributed by atoms with E-state index >= 15 is 0 Å². The van der Waals surface area contributed by atoms with Gasteiger partial charge in [-0.15, -0.1) is 0 Å². The highest BCUT2D eigenvalue weighted by Gasteiger charge is 2.06. The molecule has 0 aromatic heterocycles. The normalized spacial score (nSPS) is 13.1. The number of allylic oxidation sites excluding steroid dienone is 4. The lowest BCUT2D eigenvalue weighted by molar-refractivity contribution is 0.658. The van der Waals surface area contributed by atoms with Crippen molar-refractivity contribution in [3.05, 3.63) is 35.2 Å². The zero-order valence-electron chi connectivity index (χ0n) is 8.22. The Morgan fingerprint density at radius 3 is 2.71 bits per heavy atom. The summed E-state index contributed by atoms with van der Waals surface area (Å²) in [5, 5.41) is 0.255. The van der Waals surface area contributed by atoms with E-state index in [4.69, 9.17) is 17.3 Å². The molecule has 0 atom stereocenters. The van der Waals surface area contributed by atoms with Crippen LogP contribution in [0, 0.1) is 0 Å². The van der Waals surface area contributed by atoms with Crippen LogP contribution in [0.15, 0.2) is 35.2 Å². The van der Waals surface area contributed by atoms with Gasteiger partial charge in [0.05, 0.1) is 0 Å². The van der Waals surface area contributed by atoms with E-state index in [9.17, 15) is 4.39 Å². The molecular formula is C10H15ClFNS. The van der Waals surface area contributed by atoms with Crippen LogP contribution < -0.4 is 5.73 Å². The lowest BCUT2D eigenvalue weighted by atomic mass is 10.2. The second-order valence-corrected chi connectivity index (χ2v) is 4.13. The summed E-state index contributed by atoms with van der Waals surface area (Å²) >= 11 is 7.22. The molecule has 0 spiro atoms. The van der Waals surface area contributed by atoms with Gasteiger partial charge >= 0.3 is 0 Å². The van der Waals surface area contributed by atoms with E-state index in [0.29, 0.717) is 17.9 Å². The maximum atomic E-state index is 13.3. The van der Waals surface area contributed by atoms with Crippen molar-refractivity contribution in [2.45, 2.75) is 6.92 Å². The highest BCUT2D eigenvalue weighted by molar-refractivity contribution is 7.99. The topological polar surface area (TPSA) is 26.0 Å². The molecule has 0 saturated carbocycles. The molecule has 0 aliphatic carbocycles. The van der Waals surface area contributed by atoms with E-state index in [2.05, 4.69) is 6.58 Å². The lowest BCUT2D eigenvalue weighted by Crippen LogP contribution is -2.03. The molecule has 0 aliphatic rings. The molecule has 2 N–H and O–H groups in total. The summed E-state index contributed by atoms with van der Waals surface area (Å²) in [4.78, 5) is 0. The van der Waals surface area contributed by atoms with Crippen LogP contribution in [0.5, 0.6) is 0 Å². The monoisotopic (exact) mass is 235 g/mol. The molecule has 0 saturated heterocycles. The SMILES string of the molecule is C=C(Cl)/C(CSCCN)=C(F)\C=C/C. The van der Waals surface area contributed by atoms with Gasteiger partial charge in [-0.3, -0.25) is 0 Å². The van der Waals surface area contributed by atoms with Gasteiger partial charge in [0.15, 0.2) is 0 Å². The van der Waals surface area contributed by atoms with Crippen LogP contribution in [0.4, 0.5) is 4.39 Å². The minimum absolute atomic E-state index is 0.255. The van der Waals surface area contributed by atoms with Crippen LogP contribution in [-0.2, 0) is 0 Å². The molecule has 0 amide bonds. The molecule has 0 bridgehead atoms. The number of halogens is 2. The third-order valence-electron chi connectivity index (χ3n) is 1.44. The molecular weight excluding hydrogens is 221 g/mol. The second-order valence-electron chi connectivity index (χ2n) is 2.57. The van der Waals surface area contributed by atoms with Crippen molar-refractivity contribution < 1.29 is 4.39 Å². The zero-order valence-corrected chi connectivity index (χ0v) is 9.80. The Kier molecular flexibility index (Phi) is 7.95. The van der Waals surface area contributed by atoms with Gasteiger partial charge < -0.3 is 5.73 Å². The third kappa shape index (κ3) is 5.47. The summed E-state index contributed by atoms with van der Waals surface area (Å²) in [5.74, 6) is 0.976. The highest BCUT2D eigenvalue weighted by atomic mass is 35.5. The van der Waals surface area contributed by atoms with Gasteiger partial charge in [0, 0.05) is 28.7 Å². The van der Waals surface area contributed by atoms with E-state index in [1.807, 2.05) is 0 Å². The first kappa shape index (κ1) is 13.8. The Labute approximate surface area is 93.9 Å². The minimum Gasteiger partial charge on any atom is -0.330 e. The standard InChI is InChI=1S/C10H15ClFNS/c1-3-4-10(12)9(8(2)11)7-14-6-5-13/h3-4H,2,5-7,13H2,1H3/b4-3-,10-9+. The number of rotatable bonds is 6. The molecule has 0 aromatic rings. The molecule has 0 heterocycles. The van der Waals surface area contributed by atoms with Crippen LogP contribution in [0.1, 0.15) is 6.92 Å². The molecule has 80 valence electrons. The number of hydrogen-bond acceptors (Lipinski definition) is 2. The van der Waals surface area contributed by atoms with Crippen molar-refractivity contribution in [2.75, 3.05) is 18.1 Å². The van der Waals surface area contributed by atoms with Gasteiger partial charge in [0.25, 0.3) is 0 Å². The fraction of sp³-hybridized carbons (Fsp3) is 0.400. The summed E-state index contributed by atoms with van der Waals surface area (Å²) in [7, 11) is 0. The highest BCUT2D eigenvalue weighted by Crippen LogP contribution is 2.23. The van der Waals surface area contributed by atoms with Gasteiger partial charge in [-0.1, -0.05) is 24.3 Å². The van der Waals surface area contributed by atoms with Gasteiger partial charge in [0.1, 0.15) is 5.83 Å². The van der Waals surface area contributed by atoms with E-state index in [-0.39, 0.29) is 10.9 Å². The number of thioether (sulfide) groups is 1. The smallest absolute Gasteiger partial charge is 0.128 e. The molecule has 0 aromatic carbocycles. The fourth-order valence-electron chi connectivity index (χ4n) is 0.781. The van der Waals surface area contributed by atoms with Crippen molar-refractivity contribution in [3.8, 4) is 0 Å². The molecule has 0 fully saturated rings. The first-order valence-corrected chi connectivity index (χ1v) is 5.80. The first-order valence-electron chi connectivity index (χ1n) is 4.27. The Morgan fingerprint density at radius 2 is 2.29 bits per heavy atom. The minimum atomic E-state index is -0.322. The van der Waals surface area contributed by atoms with Crippen LogP contribution in [0.2, 0.25) is 0 Å². The van der Waals surface area contributed by atoms with Gasteiger partial charge in [-0.25, -0.2) is 4.39 Å². The van der Waals surface area contributed by atoms with E-state index in [1.165, 1.54) is 6.08 Å². The predicted octanol–water partition coefficient (Wildman–Crippen LogP) is 3.23. The Morgan fingerprint density at radius 1 is 1.64 bits per heavy atom. The third-order valence-corrected chi connectivity index (χ3v) is 2.68. The average Bonchev–Trinajstić information content (AvgIpc) is 2.12. The quantitative estimate of drug-likeness (QED) is 0.565. The molecule has 0 unspecified atom stereocenters. The zero-order chi connectivity index (χ0) is 11.0. The van der Waals surface area contributed by atoms with Gasteiger partial charge in [0.2, 0.25) is 0 Å². The van der Waals surface area contributed by atoms with Gasteiger partial charge in [-0.2, -0.15) is 11.8 Å². The van der Waals surface area contributed by atoms with Crippen molar-refractivity contribution in [1.82, 2.24) is 0 Å². The van der Waals surface area contributed by atoms with Crippen molar-refractivity contribution in [2.24, 2.45) is 5.73 Å². The van der Waals surface area contributed by atoms with Crippen LogP contribution in [-0.4, -0.2) is 18.1 Å². The van der Waals surface area contributed by atoms with Crippen molar-refractivity contribution in [3.63, 3.8) is 0 Å². The predicted molar refractivity (Wildman–Crippen MR) is 64.3 cm³/mol. The second kappa shape index (κ2) is 8.09. The van der Waals surface area contributed by atoms with E-state index in [0.717, 1.165) is 5.75 Å². The lowest BCUT2D eigenvalue weighted by Gasteiger charge is -2.05. The van der Waals surface area contributed by atoms with E-state index < -0.39 is 0 Å². The molecule has 4 heteroatoms. The summed E-state index contributed by atoms with van der Waals surface area (Å²) in [6.07, 6.45) is 3.01. The Balaban J connectivity index is 4.43. The molecule has 14 heavy (non-hydrogen) atoms. The maximum Gasteiger partial charge on any atom is 0.128 e. The largest absolute Gasteiger partial charge is 0.330 e. The van der Waals surface area contributed by atoms with Gasteiger partial charge in [-0.05, 0) is 13.0 Å². The summed E-state index contributed by atoms with van der Waals surface area (Å²) in [5.41, 5.74) is 5.77. The van der Waals surface area contributed by atoms with Crippen molar-refractivity contribution >= 4 is 23.4 Å². The number of hydrogen-bond donors (Lipinski definition) is 1. The van der Waals surface area contributed by atoms with Crippen LogP contribution in [0.3, 0.4) is 0 Å². The summed E-state index contributed by atoms with van der Waals surface area (Å²) in [6, 6.07) is 0. The first-order chi connectivity index (χ1) is 6.63. The van der Waals surface area contributed by atoms with Crippen LogP contribution >= 0.6 is 23.4 Å². The maximum absolute atomic E-state index is 13.3. The van der Waals surface area contributed by atoms with E-state index in [1.54, 1.807) is 24.8 Å². The molecule has 0 aliphatic heterocycles.